The first-order valence-corrected chi connectivity index (χ1v) is 10.8. The van der Waals surface area contributed by atoms with Crippen molar-refractivity contribution >= 4 is 39.7 Å². The average Bonchev–Trinajstić information content (AvgIpc) is 3.31. The summed E-state index contributed by atoms with van der Waals surface area (Å²) < 4.78 is 21.6. The van der Waals surface area contributed by atoms with Crippen molar-refractivity contribution < 1.29 is 33.5 Å². The van der Waals surface area contributed by atoms with Gasteiger partial charge in [0.2, 0.25) is 6.79 Å². The lowest BCUT2D eigenvalue weighted by Gasteiger charge is -2.06. The Morgan fingerprint density at radius 2 is 1.94 bits per heavy atom. The number of carbonyl (C=O) groups excluding carboxylic acids is 2. The lowest BCUT2D eigenvalue weighted by molar-refractivity contribution is -0.385. The molecule has 11 nitrogen and oxygen atoms in total. The summed E-state index contributed by atoms with van der Waals surface area (Å²) in [5.74, 6) is 0.0499. The van der Waals surface area contributed by atoms with Crippen LogP contribution < -0.4 is 24.4 Å². The van der Waals surface area contributed by atoms with E-state index in [4.69, 9.17) is 18.9 Å². The van der Waals surface area contributed by atoms with Crippen LogP contribution in [0.4, 0.5) is 5.69 Å². The van der Waals surface area contributed by atoms with Crippen LogP contribution in [0.15, 0.2) is 70.2 Å². The van der Waals surface area contributed by atoms with Crippen LogP contribution in [0.2, 0.25) is 0 Å². The van der Waals surface area contributed by atoms with Gasteiger partial charge in [-0.25, -0.2) is 10.2 Å². The molecule has 0 radical (unpaired) electrons. The van der Waals surface area contributed by atoms with Gasteiger partial charge in [0.25, 0.3) is 5.91 Å². The average molecular weight is 542 g/mol. The summed E-state index contributed by atoms with van der Waals surface area (Å²) in [7, 11) is 0. The molecule has 0 bridgehead atoms. The molecule has 1 amide bonds. The summed E-state index contributed by atoms with van der Waals surface area (Å²) in [4.78, 5) is 34.9. The maximum absolute atomic E-state index is 12.4. The Balaban J connectivity index is 1.31. The highest BCUT2D eigenvalue weighted by molar-refractivity contribution is 9.10. The molecule has 1 N–H and O–H groups in total. The molecule has 0 aliphatic carbocycles. The molecule has 1 heterocycles. The van der Waals surface area contributed by atoms with Crippen molar-refractivity contribution in [1.29, 1.82) is 0 Å². The number of nitrogens with one attached hydrogen (secondary N) is 1. The lowest BCUT2D eigenvalue weighted by Crippen LogP contribution is -2.24. The summed E-state index contributed by atoms with van der Waals surface area (Å²) in [6.45, 7) is -0.380. The molecular weight excluding hydrogens is 526 g/mol. The molecule has 0 spiro atoms. The molecule has 35 heavy (non-hydrogen) atoms. The second-order valence-electron chi connectivity index (χ2n) is 6.98. The number of nitro benzene ring substituents is 1. The fraction of sp³-hybridized carbons (Fsp3) is 0.0870. The van der Waals surface area contributed by atoms with E-state index in [0.717, 1.165) is 0 Å². The van der Waals surface area contributed by atoms with Crippen LogP contribution in [-0.4, -0.2) is 36.4 Å². The minimum absolute atomic E-state index is 0.0469. The maximum atomic E-state index is 12.4. The van der Waals surface area contributed by atoms with Gasteiger partial charge in [-0.3, -0.25) is 14.9 Å². The number of hydrazone groups is 1. The minimum atomic E-state index is -0.621. The van der Waals surface area contributed by atoms with Gasteiger partial charge in [-0.2, -0.15) is 5.10 Å². The smallest absolute Gasteiger partial charge is 0.343 e. The summed E-state index contributed by atoms with van der Waals surface area (Å²) >= 11 is 3.15. The van der Waals surface area contributed by atoms with Crippen molar-refractivity contribution in [3.8, 4) is 23.0 Å². The van der Waals surface area contributed by atoms with Crippen molar-refractivity contribution in [2.75, 3.05) is 13.4 Å². The number of ether oxygens (including phenoxy) is 4. The van der Waals surface area contributed by atoms with E-state index >= 15 is 0 Å². The molecule has 0 atom stereocenters. The molecule has 1 aliphatic heterocycles. The van der Waals surface area contributed by atoms with Crippen LogP contribution in [0, 0.1) is 10.1 Å². The molecule has 1 aliphatic rings. The van der Waals surface area contributed by atoms with Gasteiger partial charge in [-0.1, -0.05) is 28.1 Å². The fourth-order valence-corrected chi connectivity index (χ4v) is 3.31. The van der Waals surface area contributed by atoms with E-state index in [-0.39, 0.29) is 24.0 Å². The van der Waals surface area contributed by atoms with E-state index in [1.54, 1.807) is 42.5 Å². The molecule has 3 aromatic rings. The van der Waals surface area contributed by atoms with Crippen LogP contribution >= 0.6 is 15.9 Å². The highest BCUT2D eigenvalue weighted by Crippen LogP contribution is 2.33. The number of benzene rings is 3. The molecule has 178 valence electrons. The van der Waals surface area contributed by atoms with Gasteiger partial charge in [-0.05, 0) is 48.0 Å². The normalized spacial score (nSPS) is 11.8. The monoisotopic (exact) mass is 541 g/mol. The van der Waals surface area contributed by atoms with E-state index in [9.17, 15) is 19.7 Å². The Bertz CT molecular complexity index is 1330. The van der Waals surface area contributed by atoms with E-state index in [1.807, 2.05) is 0 Å². The molecule has 0 aromatic heterocycles. The van der Waals surface area contributed by atoms with Gasteiger partial charge in [0, 0.05) is 10.5 Å². The van der Waals surface area contributed by atoms with Crippen LogP contribution in [0.3, 0.4) is 0 Å². The van der Waals surface area contributed by atoms with Gasteiger partial charge >= 0.3 is 11.7 Å². The summed E-state index contributed by atoms with van der Waals surface area (Å²) in [6, 6.07) is 15.5. The van der Waals surface area contributed by atoms with Crippen molar-refractivity contribution in [3.05, 3.63) is 86.4 Å². The topological polar surface area (TPSA) is 139 Å². The number of nitro groups is 1. The quantitative estimate of drug-likeness (QED) is 0.149. The molecule has 12 heteroatoms. The van der Waals surface area contributed by atoms with Gasteiger partial charge < -0.3 is 18.9 Å². The molecule has 0 saturated heterocycles. The second kappa shape index (κ2) is 10.7. The number of hydrogen-bond acceptors (Lipinski definition) is 9. The largest absolute Gasteiger partial charge is 0.477 e. The number of nitrogens with zero attached hydrogens (tertiary/aromatic N) is 2. The maximum Gasteiger partial charge on any atom is 0.343 e. The third-order valence-electron chi connectivity index (χ3n) is 4.56. The van der Waals surface area contributed by atoms with Crippen molar-refractivity contribution in [1.82, 2.24) is 5.43 Å². The van der Waals surface area contributed by atoms with E-state index in [0.29, 0.717) is 27.1 Å². The Morgan fingerprint density at radius 3 is 2.77 bits per heavy atom. The molecule has 0 saturated carbocycles. The van der Waals surface area contributed by atoms with E-state index in [2.05, 4.69) is 26.5 Å². The molecule has 0 fully saturated rings. The first kappa shape index (κ1) is 23.7. The third kappa shape index (κ3) is 6.12. The van der Waals surface area contributed by atoms with Gasteiger partial charge in [0.05, 0.1) is 16.7 Å². The zero-order valence-electron chi connectivity index (χ0n) is 17.8. The van der Waals surface area contributed by atoms with Gasteiger partial charge in [0.15, 0.2) is 23.9 Å². The van der Waals surface area contributed by atoms with Crippen LogP contribution in [0.25, 0.3) is 0 Å². The van der Waals surface area contributed by atoms with Gasteiger partial charge in [0.1, 0.15) is 5.75 Å². The van der Waals surface area contributed by atoms with E-state index in [1.165, 1.54) is 24.4 Å². The highest BCUT2D eigenvalue weighted by Gasteiger charge is 2.18. The second-order valence-corrected chi connectivity index (χ2v) is 7.90. The predicted molar refractivity (Wildman–Crippen MR) is 126 cm³/mol. The number of fused-ring (bicyclic) bond motifs is 1. The third-order valence-corrected chi connectivity index (χ3v) is 5.05. The Hall–Kier alpha value is -4.45. The highest BCUT2D eigenvalue weighted by atomic mass is 79.9. The Labute approximate surface area is 206 Å². The summed E-state index contributed by atoms with van der Waals surface area (Å²) in [5, 5.41) is 14.9. The number of rotatable bonds is 8. The zero-order valence-corrected chi connectivity index (χ0v) is 19.4. The predicted octanol–water partition coefficient (Wildman–Crippen LogP) is 3.83. The number of esters is 1. The summed E-state index contributed by atoms with van der Waals surface area (Å²) in [5.41, 5.74) is 2.83. The SMILES string of the molecule is O=C(COc1ccc(Br)cc1[N+](=O)[O-])N/N=C\c1cccc(OC(=O)c2ccc3c(c2)OCO3)c1. The van der Waals surface area contributed by atoms with Gasteiger partial charge in [-0.15, -0.1) is 0 Å². The number of carbonyl (C=O) groups is 2. The zero-order chi connectivity index (χ0) is 24.8. The summed E-state index contributed by atoms with van der Waals surface area (Å²) in [6.07, 6.45) is 1.35. The number of halogens is 1. The van der Waals surface area contributed by atoms with Crippen LogP contribution in [0.1, 0.15) is 15.9 Å². The Morgan fingerprint density at radius 1 is 1.11 bits per heavy atom. The Kier molecular flexibility index (Phi) is 7.21. The number of hydrogen-bond donors (Lipinski definition) is 1. The molecule has 4 rings (SSSR count). The van der Waals surface area contributed by atoms with Crippen molar-refractivity contribution in [3.63, 3.8) is 0 Å². The molecule has 0 unspecified atom stereocenters. The van der Waals surface area contributed by atoms with Crippen LogP contribution in [-0.2, 0) is 4.79 Å². The lowest BCUT2D eigenvalue weighted by atomic mass is 10.2. The molecular formula is C23H16BrN3O8. The fourth-order valence-electron chi connectivity index (χ4n) is 2.96. The van der Waals surface area contributed by atoms with Crippen molar-refractivity contribution in [2.45, 2.75) is 0 Å². The van der Waals surface area contributed by atoms with Crippen molar-refractivity contribution in [2.24, 2.45) is 5.10 Å². The standard InChI is InChI=1S/C23H16BrN3O8/c24-16-5-7-19(18(10-16)27(30)31)32-12-22(28)26-25-11-14-2-1-3-17(8-14)35-23(29)15-4-6-20-21(9-15)34-13-33-20/h1-11H,12-13H2,(H,26,28)/b25-11-. The first-order valence-electron chi connectivity index (χ1n) is 9.99. The van der Waals surface area contributed by atoms with E-state index < -0.39 is 23.4 Å². The molecule has 3 aromatic carbocycles. The number of amides is 1. The van der Waals surface area contributed by atoms with Crippen LogP contribution in [0.5, 0.6) is 23.0 Å². The first-order chi connectivity index (χ1) is 16.9. The minimum Gasteiger partial charge on any atom is -0.477 e.